The van der Waals surface area contributed by atoms with Crippen LogP contribution in [0.5, 0.6) is 0 Å². The number of fused-ring (bicyclic) bond motifs is 1. The summed E-state index contributed by atoms with van der Waals surface area (Å²) in [5.41, 5.74) is -2.15. The van der Waals surface area contributed by atoms with Crippen molar-refractivity contribution in [3.05, 3.63) is 52.2 Å². The predicted octanol–water partition coefficient (Wildman–Crippen LogP) is 5.69. The van der Waals surface area contributed by atoms with E-state index in [1.807, 2.05) is 6.07 Å². The number of nitrogens with one attached hydrogen (secondary N) is 1. The summed E-state index contributed by atoms with van der Waals surface area (Å²) in [6.45, 7) is 13.0. The van der Waals surface area contributed by atoms with Crippen molar-refractivity contribution in [3.8, 4) is 0 Å². The molecule has 38 heavy (non-hydrogen) atoms. The average molecular weight is 551 g/mol. The fourth-order valence-electron chi connectivity index (χ4n) is 4.68. The molecule has 0 spiro atoms. The van der Waals surface area contributed by atoms with E-state index in [9.17, 15) is 13.9 Å². The molecule has 4 rings (SSSR count). The van der Waals surface area contributed by atoms with Crippen LogP contribution in [-0.2, 0) is 5.92 Å². The molecule has 0 unspecified atom stereocenters. The van der Waals surface area contributed by atoms with Gasteiger partial charge >= 0.3 is 5.92 Å². The second-order valence-corrected chi connectivity index (χ2v) is 11.0. The molecule has 11 heteroatoms. The van der Waals surface area contributed by atoms with Crippen LogP contribution in [0.1, 0.15) is 57.6 Å². The highest BCUT2D eigenvalue weighted by atomic mass is 35.5. The number of aryl methyl sites for hydroxylation is 1. The number of piperazine rings is 1. The van der Waals surface area contributed by atoms with Gasteiger partial charge in [-0.2, -0.15) is 8.78 Å². The summed E-state index contributed by atoms with van der Waals surface area (Å²) in [5.74, 6) is -4.05. The van der Waals surface area contributed by atoms with Crippen molar-refractivity contribution >= 4 is 34.1 Å². The largest absolute Gasteiger partial charge is 0.384 e. The molecule has 0 aliphatic carbocycles. The molecule has 0 radical (unpaired) electrons. The van der Waals surface area contributed by atoms with E-state index < -0.39 is 28.9 Å². The van der Waals surface area contributed by atoms with Crippen molar-refractivity contribution in [2.45, 2.75) is 65.1 Å². The minimum Gasteiger partial charge on any atom is -0.384 e. The van der Waals surface area contributed by atoms with Crippen LogP contribution >= 0.6 is 11.6 Å². The number of anilines is 2. The fraction of sp³-hybridized carbons (Fsp3) is 0.519. The van der Waals surface area contributed by atoms with Crippen molar-refractivity contribution in [1.29, 1.82) is 0 Å². The van der Waals surface area contributed by atoms with Gasteiger partial charge in [0.1, 0.15) is 23.1 Å². The maximum absolute atomic E-state index is 15.4. The molecule has 3 aromatic rings. The Bertz CT molecular complexity index is 1320. The van der Waals surface area contributed by atoms with Gasteiger partial charge in [0.05, 0.1) is 22.7 Å². The Balaban J connectivity index is 1.69. The van der Waals surface area contributed by atoms with E-state index in [1.54, 1.807) is 13.8 Å². The smallest absolute Gasteiger partial charge is 0.303 e. The lowest BCUT2D eigenvalue weighted by atomic mass is 9.91. The number of halogens is 4. The van der Waals surface area contributed by atoms with Gasteiger partial charge in [0.25, 0.3) is 0 Å². The minimum absolute atomic E-state index is 0.0165. The van der Waals surface area contributed by atoms with Crippen LogP contribution in [-0.4, -0.2) is 62.8 Å². The molecular formula is C27H34ClF3N6O. The molecule has 206 valence electrons. The number of hydrogen-bond acceptors (Lipinski definition) is 7. The molecule has 2 aromatic heterocycles. The Morgan fingerprint density at radius 3 is 2.32 bits per heavy atom. The zero-order valence-electron chi connectivity index (χ0n) is 22.5. The summed E-state index contributed by atoms with van der Waals surface area (Å²) in [5, 5.41) is 14.0. The van der Waals surface area contributed by atoms with Gasteiger partial charge in [-0.15, -0.1) is 0 Å². The third-order valence-corrected chi connectivity index (χ3v) is 7.35. The number of hydrogen-bond donors (Lipinski definition) is 2. The number of alkyl halides is 2. The summed E-state index contributed by atoms with van der Waals surface area (Å²) >= 11 is 6.57. The Morgan fingerprint density at radius 1 is 1.05 bits per heavy atom. The Morgan fingerprint density at radius 2 is 1.71 bits per heavy atom. The predicted molar refractivity (Wildman–Crippen MR) is 145 cm³/mol. The van der Waals surface area contributed by atoms with E-state index >= 15 is 4.39 Å². The molecule has 2 N–H and O–H groups in total. The minimum atomic E-state index is -3.79. The molecule has 3 heterocycles. The van der Waals surface area contributed by atoms with Gasteiger partial charge in [-0.1, -0.05) is 23.7 Å². The highest BCUT2D eigenvalue weighted by Gasteiger charge is 2.49. The van der Waals surface area contributed by atoms with Gasteiger partial charge in [0.2, 0.25) is 0 Å². The first kappa shape index (κ1) is 28.3. The SMILES string of the molecule is Cc1nc(N[C@H](C)c2cccc(C(F)(F)C(C)(C)O)c2F)c2cc(N3CCN(C(C)C)CC3)c(Cl)nc2n1. The second-order valence-electron chi connectivity index (χ2n) is 10.6. The quantitative estimate of drug-likeness (QED) is 0.366. The molecule has 0 saturated carbocycles. The summed E-state index contributed by atoms with van der Waals surface area (Å²) in [6, 6.07) is 5.37. The van der Waals surface area contributed by atoms with Crippen molar-refractivity contribution in [1.82, 2.24) is 19.9 Å². The second kappa shape index (κ2) is 10.5. The van der Waals surface area contributed by atoms with Crippen LogP contribution < -0.4 is 10.2 Å². The Hall–Kier alpha value is -2.69. The molecule has 1 fully saturated rings. The van der Waals surface area contributed by atoms with Crippen molar-refractivity contribution in [2.75, 3.05) is 36.4 Å². The van der Waals surface area contributed by atoms with Gasteiger partial charge in [0, 0.05) is 37.8 Å². The van der Waals surface area contributed by atoms with Crippen LogP contribution in [0.4, 0.5) is 24.7 Å². The fourth-order valence-corrected chi connectivity index (χ4v) is 4.94. The standard InChI is InChI=1S/C27H34ClF3N6O/c1-15(2)36-10-12-37(13-11-36)21-14-19-24(33-17(4)34-25(19)35-23(21)28)32-16(3)18-8-7-9-20(22(18)29)27(30,31)26(5,6)38/h7-9,14-16,38H,10-13H2,1-6H3,(H,32,33,34,35)/t16-/m1/s1. The van der Waals surface area contributed by atoms with Crippen LogP contribution in [0.3, 0.4) is 0 Å². The summed E-state index contributed by atoms with van der Waals surface area (Å²) in [6.07, 6.45) is 0. The lowest BCUT2D eigenvalue weighted by Gasteiger charge is -2.38. The maximum atomic E-state index is 15.4. The van der Waals surface area contributed by atoms with Gasteiger partial charge in [0.15, 0.2) is 10.8 Å². The third-order valence-electron chi connectivity index (χ3n) is 7.07. The van der Waals surface area contributed by atoms with Crippen LogP contribution in [0.15, 0.2) is 24.3 Å². The number of aliphatic hydroxyl groups is 1. The van der Waals surface area contributed by atoms with Gasteiger partial charge in [-0.3, -0.25) is 4.90 Å². The zero-order chi connectivity index (χ0) is 28.0. The van der Waals surface area contributed by atoms with Gasteiger partial charge in [-0.05, 0) is 53.7 Å². The molecule has 0 bridgehead atoms. The number of benzene rings is 1. The van der Waals surface area contributed by atoms with Crippen molar-refractivity contribution in [3.63, 3.8) is 0 Å². The topological polar surface area (TPSA) is 77.4 Å². The van der Waals surface area contributed by atoms with Gasteiger partial charge < -0.3 is 15.3 Å². The number of pyridine rings is 1. The van der Waals surface area contributed by atoms with E-state index in [2.05, 4.69) is 43.9 Å². The normalized spacial score (nSPS) is 16.4. The first-order valence-corrected chi connectivity index (χ1v) is 13.1. The van der Waals surface area contributed by atoms with E-state index in [-0.39, 0.29) is 5.56 Å². The maximum Gasteiger partial charge on any atom is 0.303 e. The van der Waals surface area contributed by atoms with Crippen molar-refractivity contribution < 1.29 is 18.3 Å². The van der Waals surface area contributed by atoms with Crippen LogP contribution in [0, 0.1) is 12.7 Å². The monoisotopic (exact) mass is 550 g/mol. The first-order chi connectivity index (χ1) is 17.7. The first-order valence-electron chi connectivity index (χ1n) is 12.7. The summed E-state index contributed by atoms with van der Waals surface area (Å²) < 4.78 is 45.0. The van der Waals surface area contributed by atoms with Crippen LogP contribution in [0.25, 0.3) is 11.0 Å². The molecule has 1 atom stereocenters. The molecule has 0 amide bonds. The average Bonchev–Trinajstić information content (AvgIpc) is 2.82. The summed E-state index contributed by atoms with van der Waals surface area (Å²) in [4.78, 5) is 18.0. The molecule has 1 aliphatic rings. The van der Waals surface area contributed by atoms with Crippen molar-refractivity contribution in [2.24, 2.45) is 0 Å². The Kier molecular flexibility index (Phi) is 7.80. The summed E-state index contributed by atoms with van der Waals surface area (Å²) in [7, 11) is 0. The third kappa shape index (κ3) is 5.39. The van der Waals surface area contributed by atoms with E-state index in [4.69, 9.17) is 11.6 Å². The van der Waals surface area contributed by atoms with Crippen LogP contribution in [0.2, 0.25) is 5.15 Å². The highest BCUT2D eigenvalue weighted by molar-refractivity contribution is 6.32. The number of aromatic nitrogens is 3. The molecule has 1 saturated heterocycles. The van der Waals surface area contributed by atoms with E-state index in [1.165, 1.54) is 12.1 Å². The zero-order valence-corrected chi connectivity index (χ0v) is 23.2. The number of nitrogens with zero attached hydrogens (tertiary/aromatic N) is 5. The lowest BCUT2D eigenvalue weighted by molar-refractivity contribution is -0.170. The lowest BCUT2D eigenvalue weighted by Crippen LogP contribution is -2.49. The Labute approximate surface area is 226 Å². The van der Waals surface area contributed by atoms with E-state index in [0.717, 1.165) is 51.8 Å². The molecule has 7 nitrogen and oxygen atoms in total. The highest BCUT2D eigenvalue weighted by Crippen LogP contribution is 2.41. The van der Waals surface area contributed by atoms with Gasteiger partial charge in [-0.25, -0.2) is 19.3 Å². The number of rotatable bonds is 7. The van der Waals surface area contributed by atoms with E-state index in [0.29, 0.717) is 33.9 Å². The molecular weight excluding hydrogens is 517 g/mol. The molecule has 1 aliphatic heterocycles. The molecule has 1 aromatic carbocycles.